The summed E-state index contributed by atoms with van der Waals surface area (Å²) in [6.07, 6.45) is 0. The second-order valence-electron chi connectivity index (χ2n) is 4.63. The fraction of sp³-hybridized carbons (Fsp3) is 0.200. The van der Waals surface area contributed by atoms with Gasteiger partial charge in [0.25, 0.3) is 0 Å². The molecule has 0 aliphatic rings. The molecule has 100 valence electrons. The van der Waals surface area contributed by atoms with Crippen molar-refractivity contribution < 1.29 is 4.39 Å². The van der Waals surface area contributed by atoms with Crippen molar-refractivity contribution in [3.8, 4) is 0 Å². The average molecular weight is 387 g/mol. The van der Waals surface area contributed by atoms with Crippen LogP contribution in [0.25, 0.3) is 0 Å². The Bertz CT molecular complexity index is 626. The lowest BCUT2D eigenvalue weighted by atomic mass is 9.97. The summed E-state index contributed by atoms with van der Waals surface area (Å²) in [5, 5.41) is 0. The van der Waals surface area contributed by atoms with E-state index in [1.165, 1.54) is 6.07 Å². The molecule has 2 rings (SSSR count). The monoisotopic (exact) mass is 385 g/mol. The largest absolute Gasteiger partial charge is 0.320 e. The van der Waals surface area contributed by atoms with Gasteiger partial charge in [-0.25, -0.2) is 4.39 Å². The summed E-state index contributed by atoms with van der Waals surface area (Å²) in [5.74, 6) is -0.268. The van der Waals surface area contributed by atoms with Crippen LogP contribution in [0.5, 0.6) is 0 Å². The highest BCUT2D eigenvalue weighted by molar-refractivity contribution is 9.11. The molecular formula is C15H14Br2FN. The second-order valence-corrected chi connectivity index (χ2v) is 6.33. The lowest BCUT2D eigenvalue weighted by Crippen LogP contribution is -2.14. The molecular weight excluding hydrogens is 373 g/mol. The highest BCUT2D eigenvalue weighted by Crippen LogP contribution is 2.32. The number of benzene rings is 2. The van der Waals surface area contributed by atoms with Gasteiger partial charge in [-0.05, 0) is 48.7 Å². The van der Waals surface area contributed by atoms with Gasteiger partial charge in [0, 0.05) is 14.5 Å². The molecule has 2 N–H and O–H groups in total. The van der Waals surface area contributed by atoms with Gasteiger partial charge in [0.2, 0.25) is 0 Å². The van der Waals surface area contributed by atoms with E-state index in [4.69, 9.17) is 5.73 Å². The Kier molecular flexibility index (Phi) is 4.43. The van der Waals surface area contributed by atoms with Crippen LogP contribution in [-0.4, -0.2) is 0 Å². The van der Waals surface area contributed by atoms with Gasteiger partial charge in [0.15, 0.2) is 0 Å². The van der Waals surface area contributed by atoms with Crippen LogP contribution in [0.15, 0.2) is 39.3 Å². The van der Waals surface area contributed by atoms with Crippen LogP contribution in [0.1, 0.15) is 28.3 Å². The number of hydrogen-bond acceptors (Lipinski definition) is 1. The maximum absolute atomic E-state index is 14.0. The highest BCUT2D eigenvalue weighted by Gasteiger charge is 2.17. The van der Waals surface area contributed by atoms with Gasteiger partial charge in [-0.3, -0.25) is 0 Å². The lowest BCUT2D eigenvalue weighted by Gasteiger charge is -2.17. The SMILES string of the molecule is Cc1ccc(C(N)c2cc(Br)c(C)cc2Br)c(F)c1. The van der Waals surface area contributed by atoms with Gasteiger partial charge in [0.1, 0.15) is 5.82 Å². The highest BCUT2D eigenvalue weighted by atomic mass is 79.9. The third-order valence-corrected chi connectivity index (χ3v) is 4.65. The molecule has 1 unspecified atom stereocenters. The first-order valence-electron chi connectivity index (χ1n) is 5.87. The Balaban J connectivity index is 2.49. The van der Waals surface area contributed by atoms with E-state index in [1.807, 2.05) is 32.0 Å². The fourth-order valence-corrected chi connectivity index (χ4v) is 3.02. The Morgan fingerprint density at radius 3 is 2.32 bits per heavy atom. The first kappa shape index (κ1) is 14.7. The molecule has 0 aliphatic carbocycles. The molecule has 19 heavy (non-hydrogen) atoms. The normalized spacial score (nSPS) is 12.5. The third-order valence-electron chi connectivity index (χ3n) is 3.10. The van der Waals surface area contributed by atoms with E-state index in [0.29, 0.717) is 5.56 Å². The zero-order valence-electron chi connectivity index (χ0n) is 10.7. The van der Waals surface area contributed by atoms with Crippen LogP contribution in [0.2, 0.25) is 0 Å². The van der Waals surface area contributed by atoms with Crippen molar-refractivity contribution in [2.45, 2.75) is 19.9 Å². The Hall–Kier alpha value is -0.710. The van der Waals surface area contributed by atoms with Crippen LogP contribution < -0.4 is 5.73 Å². The molecule has 2 aromatic carbocycles. The molecule has 0 aliphatic heterocycles. The molecule has 0 spiro atoms. The average Bonchev–Trinajstić information content (AvgIpc) is 2.33. The molecule has 0 saturated heterocycles. The van der Waals surface area contributed by atoms with Gasteiger partial charge in [-0.2, -0.15) is 0 Å². The van der Waals surface area contributed by atoms with Crippen molar-refractivity contribution >= 4 is 31.9 Å². The molecule has 4 heteroatoms. The van der Waals surface area contributed by atoms with E-state index in [2.05, 4.69) is 31.9 Å². The van der Waals surface area contributed by atoms with Crippen molar-refractivity contribution in [1.29, 1.82) is 0 Å². The zero-order chi connectivity index (χ0) is 14.2. The summed E-state index contributed by atoms with van der Waals surface area (Å²) < 4.78 is 15.8. The van der Waals surface area contributed by atoms with Crippen molar-refractivity contribution in [3.05, 3.63) is 67.3 Å². The summed E-state index contributed by atoms with van der Waals surface area (Å²) >= 11 is 6.98. The summed E-state index contributed by atoms with van der Waals surface area (Å²) in [4.78, 5) is 0. The molecule has 1 atom stereocenters. The molecule has 0 fully saturated rings. The molecule has 0 bridgehead atoms. The van der Waals surface area contributed by atoms with Crippen LogP contribution in [0.3, 0.4) is 0 Å². The molecule has 2 aromatic rings. The topological polar surface area (TPSA) is 26.0 Å². The molecule has 0 heterocycles. The molecule has 0 radical (unpaired) electrons. The summed E-state index contributed by atoms with van der Waals surface area (Å²) in [6.45, 7) is 3.85. The zero-order valence-corrected chi connectivity index (χ0v) is 13.8. The van der Waals surface area contributed by atoms with Crippen molar-refractivity contribution in [2.75, 3.05) is 0 Å². The number of hydrogen-bond donors (Lipinski definition) is 1. The number of nitrogens with two attached hydrogens (primary N) is 1. The van der Waals surface area contributed by atoms with Crippen molar-refractivity contribution in [3.63, 3.8) is 0 Å². The van der Waals surface area contributed by atoms with Gasteiger partial charge in [-0.15, -0.1) is 0 Å². The van der Waals surface area contributed by atoms with E-state index >= 15 is 0 Å². The Morgan fingerprint density at radius 1 is 1.00 bits per heavy atom. The maximum Gasteiger partial charge on any atom is 0.128 e. The standard InChI is InChI=1S/C15H14Br2FN/c1-8-3-4-10(14(18)5-8)15(19)11-7-12(16)9(2)6-13(11)17/h3-7,15H,19H2,1-2H3. The third kappa shape index (κ3) is 3.07. The first-order chi connectivity index (χ1) is 8.90. The van der Waals surface area contributed by atoms with Gasteiger partial charge in [-0.1, -0.05) is 44.0 Å². The molecule has 1 nitrogen and oxygen atoms in total. The van der Waals surface area contributed by atoms with Gasteiger partial charge < -0.3 is 5.73 Å². The summed E-state index contributed by atoms with van der Waals surface area (Å²) in [7, 11) is 0. The minimum absolute atomic E-state index is 0.268. The predicted molar refractivity (Wildman–Crippen MR) is 83.7 cm³/mol. The lowest BCUT2D eigenvalue weighted by molar-refractivity contribution is 0.598. The predicted octanol–water partition coefficient (Wildman–Crippen LogP) is 5.02. The number of rotatable bonds is 2. The first-order valence-corrected chi connectivity index (χ1v) is 7.46. The Labute approximate surface area is 129 Å². The molecule has 0 aromatic heterocycles. The molecule has 0 amide bonds. The van der Waals surface area contributed by atoms with Crippen LogP contribution in [0.4, 0.5) is 4.39 Å². The quantitative estimate of drug-likeness (QED) is 0.770. The van der Waals surface area contributed by atoms with Crippen LogP contribution in [0, 0.1) is 19.7 Å². The summed E-state index contributed by atoms with van der Waals surface area (Å²) in [5.41, 5.74) is 9.55. The Morgan fingerprint density at radius 2 is 1.68 bits per heavy atom. The number of halogens is 3. The van der Waals surface area contributed by atoms with E-state index in [0.717, 1.165) is 25.6 Å². The fourth-order valence-electron chi connectivity index (χ4n) is 1.95. The van der Waals surface area contributed by atoms with E-state index < -0.39 is 6.04 Å². The van der Waals surface area contributed by atoms with E-state index in [9.17, 15) is 4.39 Å². The second kappa shape index (κ2) is 5.73. The minimum atomic E-state index is -0.494. The van der Waals surface area contributed by atoms with E-state index in [-0.39, 0.29) is 5.82 Å². The van der Waals surface area contributed by atoms with Gasteiger partial charge >= 0.3 is 0 Å². The van der Waals surface area contributed by atoms with Gasteiger partial charge in [0.05, 0.1) is 6.04 Å². The van der Waals surface area contributed by atoms with Crippen molar-refractivity contribution in [2.24, 2.45) is 5.73 Å². The van der Waals surface area contributed by atoms with Crippen LogP contribution >= 0.6 is 31.9 Å². The number of aryl methyl sites for hydroxylation is 2. The summed E-state index contributed by atoms with van der Waals surface area (Å²) in [6, 6.07) is 8.54. The molecule has 0 saturated carbocycles. The van der Waals surface area contributed by atoms with Crippen LogP contribution in [-0.2, 0) is 0 Å². The maximum atomic E-state index is 14.0. The minimum Gasteiger partial charge on any atom is -0.320 e. The van der Waals surface area contributed by atoms with E-state index in [1.54, 1.807) is 6.07 Å². The smallest absolute Gasteiger partial charge is 0.128 e. The van der Waals surface area contributed by atoms with Crippen molar-refractivity contribution in [1.82, 2.24) is 0 Å².